The van der Waals surface area contributed by atoms with Crippen LogP contribution in [0.3, 0.4) is 0 Å². The van der Waals surface area contributed by atoms with Gasteiger partial charge in [-0.2, -0.15) is 0 Å². The van der Waals surface area contributed by atoms with Gasteiger partial charge in [-0.3, -0.25) is 0 Å². The van der Waals surface area contributed by atoms with Gasteiger partial charge in [0.25, 0.3) is 0 Å². The van der Waals surface area contributed by atoms with Crippen molar-refractivity contribution in [3.63, 3.8) is 0 Å². The lowest BCUT2D eigenvalue weighted by molar-refractivity contribution is 0.0696. The molecule has 0 aliphatic heterocycles. The first-order valence-electron chi connectivity index (χ1n) is 7.55. The van der Waals surface area contributed by atoms with Crippen LogP contribution in [0.2, 0.25) is 0 Å². The van der Waals surface area contributed by atoms with Gasteiger partial charge >= 0.3 is 5.97 Å². The number of halogens is 2. The summed E-state index contributed by atoms with van der Waals surface area (Å²) in [5, 5.41) is 8.82. The minimum absolute atomic E-state index is 0.00389. The fourth-order valence-electron chi connectivity index (χ4n) is 2.14. The highest BCUT2D eigenvalue weighted by atomic mass is 19.1. The summed E-state index contributed by atoms with van der Waals surface area (Å²) in [6.45, 7) is 0.0209. The number of hydrogen-bond acceptors (Lipinski definition) is 4. The van der Waals surface area contributed by atoms with Gasteiger partial charge in [0.2, 0.25) is 5.88 Å². The molecule has 3 rings (SSSR count). The largest absolute Gasteiger partial charge is 0.486 e. The summed E-state index contributed by atoms with van der Waals surface area (Å²) < 4.78 is 38.0. The zero-order valence-electron chi connectivity index (χ0n) is 13.4. The molecule has 0 radical (unpaired) electrons. The molecule has 0 aliphatic carbocycles. The van der Waals surface area contributed by atoms with E-state index in [4.69, 9.17) is 14.6 Å². The van der Waals surface area contributed by atoms with Crippen molar-refractivity contribution in [3.05, 3.63) is 83.6 Å². The second-order valence-corrected chi connectivity index (χ2v) is 5.30. The maximum absolute atomic E-state index is 14.1. The Bertz CT molecular complexity index is 929. The van der Waals surface area contributed by atoms with Crippen molar-refractivity contribution in [2.45, 2.75) is 6.61 Å². The van der Waals surface area contributed by atoms with Crippen LogP contribution in [0.1, 0.15) is 15.9 Å². The molecule has 7 heteroatoms. The van der Waals surface area contributed by atoms with E-state index in [9.17, 15) is 13.6 Å². The summed E-state index contributed by atoms with van der Waals surface area (Å²) in [6, 6.07) is 12.5. The number of nitrogens with zero attached hydrogens (tertiary/aromatic N) is 1. The van der Waals surface area contributed by atoms with E-state index in [-0.39, 0.29) is 29.5 Å². The SMILES string of the molecule is O=C(O)c1ccc(Oc2ccc(OCc3cccc(F)c3)c(F)c2)nc1. The Labute approximate surface area is 147 Å². The van der Waals surface area contributed by atoms with Crippen molar-refractivity contribution in [3.8, 4) is 17.4 Å². The quantitative estimate of drug-likeness (QED) is 0.707. The Kier molecular flexibility index (Phi) is 5.07. The van der Waals surface area contributed by atoms with E-state index in [0.29, 0.717) is 5.56 Å². The topological polar surface area (TPSA) is 68.7 Å². The van der Waals surface area contributed by atoms with Gasteiger partial charge in [-0.25, -0.2) is 18.6 Å². The second kappa shape index (κ2) is 7.60. The van der Waals surface area contributed by atoms with E-state index >= 15 is 0 Å². The molecule has 0 saturated heterocycles. The van der Waals surface area contributed by atoms with Crippen LogP contribution in [0.4, 0.5) is 8.78 Å². The Morgan fingerprint density at radius 1 is 1.08 bits per heavy atom. The molecule has 2 aromatic carbocycles. The molecule has 0 spiro atoms. The maximum Gasteiger partial charge on any atom is 0.337 e. The van der Waals surface area contributed by atoms with Crippen LogP contribution in [-0.2, 0) is 6.61 Å². The Balaban J connectivity index is 1.66. The summed E-state index contributed by atoms with van der Waals surface area (Å²) in [4.78, 5) is 14.6. The van der Waals surface area contributed by atoms with Crippen molar-refractivity contribution in [2.75, 3.05) is 0 Å². The smallest absolute Gasteiger partial charge is 0.337 e. The number of carbonyl (C=O) groups is 1. The van der Waals surface area contributed by atoms with Gasteiger partial charge in [0.1, 0.15) is 18.2 Å². The highest BCUT2D eigenvalue weighted by molar-refractivity contribution is 5.87. The standard InChI is InChI=1S/C19H13F2NO4/c20-14-3-1-2-12(8-14)11-25-17-6-5-15(9-16(17)21)26-18-7-4-13(10-22-18)19(23)24/h1-10H,11H2,(H,23,24). The normalized spacial score (nSPS) is 10.4. The molecule has 0 fully saturated rings. The predicted molar refractivity (Wildman–Crippen MR) is 88.4 cm³/mol. The van der Waals surface area contributed by atoms with Crippen LogP contribution < -0.4 is 9.47 Å². The number of aromatic carboxylic acids is 1. The van der Waals surface area contributed by atoms with Gasteiger partial charge in [0.15, 0.2) is 11.6 Å². The number of hydrogen-bond donors (Lipinski definition) is 1. The molecule has 0 aliphatic rings. The van der Waals surface area contributed by atoms with Gasteiger partial charge in [0.05, 0.1) is 5.56 Å². The Hall–Kier alpha value is -3.48. The highest BCUT2D eigenvalue weighted by Crippen LogP contribution is 2.26. The van der Waals surface area contributed by atoms with Crippen LogP contribution in [0.15, 0.2) is 60.8 Å². The van der Waals surface area contributed by atoms with E-state index in [2.05, 4.69) is 4.98 Å². The molecule has 3 aromatic rings. The second-order valence-electron chi connectivity index (χ2n) is 5.30. The van der Waals surface area contributed by atoms with Crippen LogP contribution in [0, 0.1) is 11.6 Å². The third-order valence-corrected chi connectivity index (χ3v) is 3.39. The minimum atomic E-state index is -1.10. The first kappa shape index (κ1) is 17.3. The third kappa shape index (κ3) is 4.32. The molecular formula is C19H13F2NO4. The average molecular weight is 357 g/mol. The number of ether oxygens (including phenoxy) is 2. The monoisotopic (exact) mass is 357 g/mol. The van der Waals surface area contributed by atoms with Gasteiger partial charge in [-0.05, 0) is 35.9 Å². The van der Waals surface area contributed by atoms with E-state index in [0.717, 1.165) is 12.3 Å². The van der Waals surface area contributed by atoms with Crippen molar-refractivity contribution >= 4 is 5.97 Å². The molecule has 1 N–H and O–H groups in total. The molecule has 0 saturated carbocycles. The third-order valence-electron chi connectivity index (χ3n) is 3.39. The van der Waals surface area contributed by atoms with Crippen LogP contribution in [0.25, 0.3) is 0 Å². The fraction of sp³-hybridized carbons (Fsp3) is 0.0526. The number of carboxylic acids is 1. The molecule has 1 aromatic heterocycles. The van der Waals surface area contributed by atoms with Crippen LogP contribution >= 0.6 is 0 Å². The van der Waals surface area contributed by atoms with Crippen LogP contribution in [0.5, 0.6) is 17.4 Å². The highest BCUT2D eigenvalue weighted by Gasteiger charge is 2.09. The molecule has 0 unspecified atom stereocenters. The lowest BCUT2D eigenvalue weighted by atomic mass is 10.2. The summed E-state index contributed by atoms with van der Waals surface area (Å²) in [6.07, 6.45) is 1.14. The molecule has 0 amide bonds. The van der Waals surface area contributed by atoms with E-state index in [1.807, 2.05) is 0 Å². The van der Waals surface area contributed by atoms with Gasteiger partial charge in [-0.1, -0.05) is 12.1 Å². The average Bonchev–Trinajstić information content (AvgIpc) is 2.61. The number of carboxylic acid groups (broad SMARTS) is 1. The Morgan fingerprint density at radius 2 is 1.92 bits per heavy atom. The number of rotatable bonds is 6. The first-order valence-corrected chi connectivity index (χ1v) is 7.55. The molecule has 5 nitrogen and oxygen atoms in total. The van der Waals surface area contributed by atoms with Gasteiger partial charge in [-0.15, -0.1) is 0 Å². The summed E-state index contributed by atoms with van der Waals surface area (Å²) in [5.74, 6) is -1.84. The summed E-state index contributed by atoms with van der Waals surface area (Å²) >= 11 is 0. The predicted octanol–water partition coefficient (Wildman–Crippen LogP) is 4.43. The molecule has 26 heavy (non-hydrogen) atoms. The maximum atomic E-state index is 14.1. The summed E-state index contributed by atoms with van der Waals surface area (Å²) in [5.41, 5.74) is 0.595. The molecule has 0 bridgehead atoms. The lowest BCUT2D eigenvalue weighted by Gasteiger charge is -2.09. The zero-order valence-corrected chi connectivity index (χ0v) is 13.4. The number of aromatic nitrogens is 1. The van der Waals surface area contributed by atoms with Crippen molar-refractivity contribution in [2.24, 2.45) is 0 Å². The van der Waals surface area contributed by atoms with E-state index < -0.39 is 17.6 Å². The minimum Gasteiger partial charge on any atom is -0.486 e. The molecule has 0 atom stereocenters. The van der Waals surface area contributed by atoms with E-state index in [1.54, 1.807) is 12.1 Å². The molecule has 1 heterocycles. The fourth-order valence-corrected chi connectivity index (χ4v) is 2.14. The van der Waals surface area contributed by atoms with Gasteiger partial charge < -0.3 is 14.6 Å². The van der Waals surface area contributed by atoms with Crippen LogP contribution in [-0.4, -0.2) is 16.1 Å². The van der Waals surface area contributed by atoms with Gasteiger partial charge in [0, 0.05) is 18.3 Å². The molecule has 132 valence electrons. The van der Waals surface area contributed by atoms with Crippen molar-refractivity contribution in [1.29, 1.82) is 0 Å². The van der Waals surface area contributed by atoms with E-state index in [1.165, 1.54) is 36.4 Å². The van der Waals surface area contributed by atoms with Crippen molar-refractivity contribution in [1.82, 2.24) is 4.98 Å². The molecular weight excluding hydrogens is 344 g/mol. The Morgan fingerprint density at radius 3 is 2.58 bits per heavy atom. The number of benzene rings is 2. The first-order chi connectivity index (χ1) is 12.5. The summed E-state index contributed by atoms with van der Waals surface area (Å²) in [7, 11) is 0. The van der Waals surface area contributed by atoms with Crippen molar-refractivity contribution < 1.29 is 28.2 Å². The lowest BCUT2D eigenvalue weighted by Crippen LogP contribution is -1.99. The number of pyridine rings is 1. The zero-order chi connectivity index (χ0) is 18.5.